The Balaban J connectivity index is 2.45. The highest BCUT2D eigenvalue weighted by molar-refractivity contribution is 7.99. The smallest absolute Gasteiger partial charge is 0.107 e. The van der Waals surface area contributed by atoms with Crippen molar-refractivity contribution in [2.45, 2.75) is 23.7 Å². The second-order valence-corrected chi connectivity index (χ2v) is 4.30. The predicted molar refractivity (Wildman–Crippen MR) is 57.7 cm³/mol. The Hall–Kier alpha value is -0.730. The van der Waals surface area contributed by atoms with Crippen LogP contribution in [0.2, 0.25) is 0 Å². The number of hydrogen-bond acceptors (Lipinski definition) is 2. The van der Waals surface area contributed by atoms with Crippen LogP contribution in [0.5, 0.6) is 0 Å². The number of rotatable bonds is 4. The molecule has 0 radical (unpaired) electrons. The lowest BCUT2D eigenvalue weighted by Gasteiger charge is -2.09. The van der Waals surface area contributed by atoms with Gasteiger partial charge in [0.25, 0.3) is 0 Å². The first-order valence-corrected chi connectivity index (χ1v) is 5.10. The summed E-state index contributed by atoms with van der Waals surface area (Å²) in [6.45, 7) is 5.69. The maximum atomic E-state index is 9.58. The minimum Gasteiger partial charge on any atom is -0.382 e. The molecule has 1 N–H and O–H groups in total. The van der Waals surface area contributed by atoms with E-state index in [0.717, 1.165) is 10.5 Å². The highest BCUT2D eigenvalue weighted by atomic mass is 32.2. The second kappa shape index (κ2) is 5.10. The molecule has 13 heavy (non-hydrogen) atoms. The van der Waals surface area contributed by atoms with Gasteiger partial charge in [0, 0.05) is 11.3 Å². The minimum atomic E-state index is -0.375. The third kappa shape index (κ3) is 4.15. The first-order valence-electron chi connectivity index (χ1n) is 4.22. The van der Waals surface area contributed by atoms with E-state index in [1.54, 1.807) is 0 Å². The molecule has 70 valence electrons. The molecule has 0 saturated carbocycles. The van der Waals surface area contributed by atoms with E-state index in [2.05, 4.69) is 6.58 Å². The fourth-order valence-electron chi connectivity index (χ4n) is 0.996. The molecule has 0 aliphatic rings. The van der Waals surface area contributed by atoms with Crippen LogP contribution < -0.4 is 0 Å². The molecule has 0 spiro atoms. The molecule has 0 aliphatic heterocycles. The van der Waals surface area contributed by atoms with Crippen molar-refractivity contribution in [2.24, 2.45) is 0 Å². The maximum Gasteiger partial charge on any atom is 0.107 e. The highest BCUT2D eigenvalue weighted by Gasteiger charge is 2.05. The normalized spacial score (nSPS) is 12.5. The van der Waals surface area contributed by atoms with Gasteiger partial charge in [-0.15, -0.1) is 6.58 Å². The number of aliphatic hydroxyl groups excluding tert-OH is 1. The number of hydrogen-bond donors (Lipinski definition) is 1. The van der Waals surface area contributed by atoms with E-state index in [-0.39, 0.29) is 5.44 Å². The van der Waals surface area contributed by atoms with Crippen LogP contribution in [-0.4, -0.2) is 10.5 Å². The molecule has 0 aromatic heterocycles. The first kappa shape index (κ1) is 10.4. The van der Waals surface area contributed by atoms with Crippen LogP contribution >= 0.6 is 11.8 Å². The van der Waals surface area contributed by atoms with Gasteiger partial charge in [0.2, 0.25) is 0 Å². The van der Waals surface area contributed by atoms with Gasteiger partial charge in [0.05, 0.1) is 0 Å². The lowest BCUT2D eigenvalue weighted by atomic mass is 10.3. The van der Waals surface area contributed by atoms with Crippen molar-refractivity contribution < 1.29 is 5.11 Å². The van der Waals surface area contributed by atoms with Crippen molar-refractivity contribution in [1.29, 1.82) is 0 Å². The van der Waals surface area contributed by atoms with E-state index in [4.69, 9.17) is 0 Å². The molecular weight excluding hydrogens is 180 g/mol. The van der Waals surface area contributed by atoms with Gasteiger partial charge in [-0.2, -0.15) is 0 Å². The molecular formula is C11H14OS. The summed E-state index contributed by atoms with van der Waals surface area (Å²) in [6.07, 6.45) is 0.652. The largest absolute Gasteiger partial charge is 0.382 e. The van der Waals surface area contributed by atoms with Crippen LogP contribution in [0.25, 0.3) is 0 Å². The molecule has 0 heterocycles. The van der Waals surface area contributed by atoms with Crippen molar-refractivity contribution in [2.75, 3.05) is 0 Å². The minimum absolute atomic E-state index is 0.375. The standard InChI is InChI=1S/C11H14OS/c1-9(2)8-11(12)13-10-6-4-3-5-7-10/h3-7,11-12H,1,8H2,2H3. The van der Waals surface area contributed by atoms with Gasteiger partial charge in [0.1, 0.15) is 5.44 Å². The lowest BCUT2D eigenvalue weighted by Crippen LogP contribution is -2.00. The molecule has 0 saturated heterocycles. The van der Waals surface area contributed by atoms with Crippen molar-refractivity contribution in [3.63, 3.8) is 0 Å². The summed E-state index contributed by atoms with van der Waals surface area (Å²) in [5.41, 5.74) is 0.635. The summed E-state index contributed by atoms with van der Waals surface area (Å²) in [6, 6.07) is 9.89. The Morgan fingerprint density at radius 2 is 2.08 bits per heavy atom. The molecule has 0 amide bonds. The van der Waals surface area contributed by atoms with E-state index < -0.39 is 0 Å². The first-order chi connectivity index (χ1) is 6.18. The number of thioether (sulfide) groups is 1. The van der Waals surface area contributed by atoms with Gasteiger partial charge in [0.15, 0.2) is 0 Å². The van der Waals surface area contributed by atoms with Gasteiger partial charge < -0.3 is 5.11 Å². The van der Waals surface area contributed by atoms with E-state index >= 15 is 0 Å². The van der Waals surface area contributed by atoms with Crippen molar-refractivity contribution >= 4 is 11.8 Å². The summed E-state index contributed by atoms with van der Waals surface area (Å²) >= 11 is 1.47. The molecule has 1 nitrogen and oxygen atoms in total. The number of aliphatic hydroxyl groups is 1. The number of benzene rings is 1. The van der Waals surface area contributed by atoms with Crippen molar-refractivity contribution in [3.05, 3.63) is 42.5 Å². The van der Waals surface area contributed by atoms with E-state index in [0.29, 0.717) is 6.42 Å². The molecule has 2 heteroatoms. The zero-order chi connectivity index (χ0) is 9.68. The molecule has 1 atom stereocenters. The third-order valence-corrected chi connectivity index (χ3v) is 2.52. The molecule has 1 aromatic carbocycles. The summed E-state index contributed by atoms with van der Waals surface area (Å²) in [7, 11) is 0. The summed E-state index contributed by atoms with van der Waals surface area (Å²) in [5.74, 6) is 0. The Labute approximate surface area is 83.5 Å². The van der Waals surface area contributed by atoms with E-state index in [1.165, 1.54) is 11.8 Å². The quantitative estimate of drug-likeness (QED) is 0.451. The van der Waals surface area contributed by atoms with Crippen LogP contribution in [0, 0.1) is 0 Å². The van der Waals surface area contributed by atoms with Gasteiger partial charge in [-0.1, -0.05) is 35.5 Å². The van der Waals surface area contributed by atoms with Crippen LogP contribution in [-0.2, 0) is 0 Å². The van der Waals surface area contributed by atoms with E-state index in [9.17, 15) is 5.11 Å². The lowest BCUT2D eigenvalue weighted by molar-refractivity contribution is 0.264. The van der Waals surface area contributed by atoms with E-state index in [1.807, 2.05) is 37.3 Å². The Morgan fingerprint density at radius 3 is 2.62 bits per heavy atom. The average Bonchev–Trinajstić information content (AvgIpc) is 2.04. The third-order valence-electron chi connectivity index (χ3n) is 1.54. The highest BCUT2D eigenvalue weighted by Crippen LogP contribution is 2.24. The molecule has 0 aliphatic carbocycles. The Bertz CT molecular complexity index is 269. The van der Waals surface area contributed by atoms with Crippen LogP contribution in [0.15, 0.2) is 47.4 Å². The monoisotopic (exact) mass is 194 g/mol. The van der Waals surface area contributed by atoms with Gasteiger partial charge >= 0.3 is 0 Å². The topological polar surface area (TPSA) is 20.2 Å². The molecule has 1 aromatic rings. The fraction of sp³-hybridized carbons (Fsp3) is 0.273. The zero-order valence-corrected chi connectivity index (χ0v) is 8.55. The molecule has 0 bridgehead atoms. The summed E-state index contributed by atoms with van der Waals surface area (Å²) in [5, 5.41) is 9.58. The second-order valence-electron chi connectivity index (χ2n) is 3.05. The van der Waals surface area contributed by atoms with Crippen LogP contribution in [0.4, 0.5) is 0 Å². The SMILES string of the molecule is C=C(C)CC(O)Sc1ccccc1. The molecule has 1 unspecified atom stereocenters. The van der Waals surface area contributed by atoms with Crippen molar-refractivity contribution in [1.82, 2.24) is 0 Å². The molecule has 0 fully saturated rings. The van der Waals surface area contributed by atoms with Gasteiger partial charge in [-0.3, -0.25) is 0 Å². The van der Waals surface area contributed by atoms with Crippen LogP contribution in [0.3, 0.4) is 0 Å². The zero-order valence-electron chi connectivity index (χ0n) is 7.73. The van der Waals surface area contributed by atoms with Gasteiger partial charge in [-0.05, 0) is 19.1 Å². The Morgan fingerprint density at radius 1 is 1.46 bits per heavy atom. The fourth-order valence-corrected chi connectivity index (χ4v) is 1.99. The van der Waals surface area contributed by atoms with Crippen molar-refractivity contribution in [3.8, 4) is 0 Å². The van der Waals surface area contributed by atoms with Gasteiger partial charge in [-0.25, -0.2) is 0 Å². The summed E-state index contributed by atoms with van der Waals surface area (Å²) < 4.78 is 0. The average molecular weight is 194 g/mol. The van der Waals surface area contributed by atoms with Crippen LogP contribution in [0.1, 0.15) is 13.3 Å². The maximum absolute atomic E-state index is 9.58. The predicted octanol–water partition coefficient (Wildman–Crippen LogP) is 3.06. The molecule has 1 rings (SSSR count). The Kier molecular flexibility index (Phi) is 4.06. The summed E-state index contributed by atoms with van der Waals surface area (Å²) in [4.78, 5) is 1.09.